The van der Waals surface area contributed by atoms with Crippen molar-refractivity contribution < 1.29 is 9.34 Å². The van der Waals surface area contributed by atoms with Crippen molar-refractivity contribution in [2.45, 2.75) is 43.8 Å². The van der Waals surface area contributed by atoms with Crippen molar-refractivity contribution in [3.63, 3.8) is 0 Å². The van der Waals surface area contributed by atoms with Gasteiger partial charge in [-0.15, -0.1) is 0 Å². The number of nitrogens with zero attached hydrogens (tertiary/aromatic N) is 3. The van der Waals surface area contributed by atoms with E-state index in [1.54, 1.807) is 30.5 Å². The van der Waals surface area contributed by atoms with Crippen LogP contribution >= 0.6 is 12.2 Å². The van der Waals surface area contributed by atoms with E-state index in [0.29, 0.717) is 22.5 Å². The van der Waals surface area contributed by atoms with Crippen LogP contribution in [0.2, 0.25) is 0 Å². The summed E-state index contributed by atoms with van der Waals surface area (Å²) in [4.78, 5) is 17.9. The van der Waals surface area contributed by atoms with Crippen LogP contribution in [0.1, 0.15) is 49.2 Å². The number of aromatic nitrogens is 1. The van der Waals surface area contributed by atoms with Crippen molar-refractivity contribution in [1.82, 2.24) is 15.2 Å². The molecule has 1 saturated heterocycles. The smallest absolute Gasteiger partial charge is 0.280 e. The lowest BCUT2D eigenvalue weighted by Gasteiger charge is -2.31. The summed E-state index contributed by atoms with van der Waals surface area (Å²) < 4.78 is 6.26. The first kappa shape index (κ1) is 19.7. The molecule has 1 saturated carbocycles. The molecule has 0 amide bonds. The van der Waals surface area contributed by atoms with Gasteiger partial charge in [-0.2, -0.15) is 0 Å². The summed E-state index contributed by atoms with van der Waals surface area (Å²) in [7, 11) is 0. The predicted octanol–water partition coefficient (Wildman–Crippen LogP) is 5.16. The minimum absolute atomic E-state index is 0.0254. The molecule has 1 aromatic carbocycles. The summed E-state index contributed by atoms with van der Waals surface area (Å²) in [5, 5.41) is 15.6. The quantitative estimate of drug-likeness (QED) is 0.337. The van der Waals surface area contributed by atoms with Crippen LogP contribution in [0, 0.1) is 10.1 Å². The maximum absolute atomic E-state index is 11.5. The maximum atomic E-state index is 11.5. The molecule has 5 rings (SSSR count). The Hall–Kier alpha value is -3.26. The van der Waals surface area contributed by atoms with Gasteiger partial charge in [-0.05, 0) is 55.4 Å². The van der Waals surface area contributed by atoms with Crippen LogP contribution in [0.4, 0.5) is 5.69 Å². The van der Waals surface area contributed by atoms with Gasteiger partial charge in [0.2, 0.25) is 0 Å². The van der Waals surface area contributed by atoms with Crippen LogP contribution in [-0.2, 0) is 0 Å². The van der Waals surface area contributed by atoms with Crippen LogP contribution < -0.4 is 5.32 Å². The SMILES string of the molecule is O=[N+]([O-])c1ccccc1-c1ccc([C@H]2[C@H](c3ccccn3)NC(=S)N2C2CCCC2)o1. The number of nitro benzene ring substituents is 1. The monoisotopic (exact) mass is 434 g/mol. The molecule has 8 heteroatoms. The number of pyridine rings is 1. The third kappa shape index (κ3) is 3.57. The molecule has 1 aliphatic carbocycles. The van der Waals surface area contributed by atoms with Gasteiger partial charge in [0.25, 0.3) is 5.69 Å². The first-order valence-corrected chi connectivity index (χ1v) is 10.9. The standard InChI is InChI=1S/C23H22N4O3S/c28-27(29)18-11-4-3-9-16(18)19-12-13-20(30-19)22-21(17-10-5-6-14-24-17)25-23(31)26(22)15-7-1-2-8-15/h3-6,9-15,21-22H,1-2,7-8H2,(H,25,31)/t21-,22-/m0/s1. The first-order valence-electron chi connectivity index (χ1n) is 10.5. The lowest BCUT2D eigenvalue weighted by atomic mass is 10.0. The van der Waals surface area contributed by atoms with Crippen molar-refractivity contribution in [2.75, 3.05) is 0 Å². The molecule has 0 spiro atoms. The molecule has 1 N–H and O–H groups in total. The van der Waals surface area contributed by atoms with Crippen molar-refractivity contribution >= 4 is 23.0 Å². The van der Waals surface area contributed by atoms with E-state index in [1.807, 2.05) is 24.3 Å². The highest BCUT2D eigenvalue weighted by Crippen LogP contribution is 2.44. The molecule has 3 heterocycles. The van der Waals surface area contributed by atoms with Crippen molar-refractivity contribution in [3.8, 4) is 11.3 Å². The molecule has 2 aromatic heterocycles. The zero-order valence-corrected chi connectivity index (χ0v) is 17.6. The van der Waals surface area contributed by atoms with Crippen LogP contribution in [0.3, 0.4) is 0 Å². The van der Waals surface area contributed by atoms with E-state index in [9.17, 15) is 10.1 Å². The lowest BCUT2D eigenvalue weighted by Crippen LogP contribution is -2.37. The largest absolute Gasteiger partial charge is 0.459 e. The number of nitro groups is 1. The second-order valence-corrected chi connectivity index (χ2v) is 8.34. The van der Waals surface area contributed by atoms with Gasteiger partial charge in [-0.25, -0.2) is 0 Å². The van der Waals surface area contributed by atoms with Gasteiger partial charge >= 0.3 is 0 Å². The number of para-hydroxylation sites is 1. The topological polar surface area (TPSA) is 84.4 Å². The number of hydrogen-bond acceptors (Lipinski definition) is 5. The Kier molecular flexibility index (Phi) is 5.15. The summed E-state index contributed by atoms with van der Waals surface area (Å²) in [6.45, 7) is 0. The molecular formula is C23H22N4O3S. The number of rotatable bonds is 5. The van der Waals surface area contributed by atoms with Crippen molar-refractivity contribution in [3.05, 3.63) is 82.4 Å². The Balaban J connectivity index is 1.57. The zero-order valence-electron chi connectivity index (χ0n) is 16.8. The molecule has 1 aliphatic heterocycles. The molecule has 3 aromatic rings. The summed E-state index contributed by atoms with van der Waals surface area (Å²) in [5.74, 6) is 1.20. The first-order chi connectivity index (χ1) is 15.1. The Morgan fingerprint density at radius 2 is 1.87 bits per heavy atom. The van der Waals surface area contributed by atoms with Gasteiger partial charge in [0.1, 0.15) is 17.6 Å². The molecule has 0 bridgehead atoms. The second-order valence-electron chi connectivity index (χ2n) is 7.95. The molecule has 2 aliphatic rings. The summed E-state index contributed by atoms with van der Waals surface area (Å²) in [6.07, 6.45) is 6.32. The highest BCUT2D eigenvalue weighted by Gasteiger charge is 2.45. The Labute approximate surface area is 185 Å². The minimum Gasteiger partial charge on any atom is -0.459 e. The van der Waals surface area contributed by atoms with Gasteiger partial charge in [0.15, 0.2) is 5.11 Å². The highest BCUT2D eigenvalue weighted by molar-refractivity contribution is 7.80. The number of hydrogen-bond donors (Lipinski definition) is 1. The van der Waals surface area contributed by atoms with Gasteiger partial charge in [-0.3, -0.25) is 15.1 Å². The molecule has 158 valence electrons. The average molecular weight is 435 g/mol. The van der Waals surface area contributed by atoms with E-state index in [-0.39, 0.29) is 22.7 Å². The Bertz CT molecular complexity index is 1110. The molecule has 0 unspecified atom stereocenters. The van der Waals surface area contributed by atoms with E-state index in [1.165, 1.54) is 18.9 Å². The van der Waals surface area contributed by atoms with Gasteiger partial charge < -0.3 is 14.6 Å². The molecule has 2 atom stereocenters. The molecule has 7 nitrogen and oxygen atoms in total. The summed E-state index contributed by atoms with van der Waals surface area (Å²) >= 11 is 5.74. The van der Waals surface area contributed by atoms with E-state index in [4.69, 9.17) is 16.6 Å². The van der Waals surface area contributed by atoms with E-state index < -0.39 is 0 Å². The fourth-order valence-electron chi connectivity index (χ4n) is 4.74. The van der Waals surface area contributed by atoms with Crippen LogP contribution in [0.25, 0.3) is 11.3 Å². The number of nitrogens with one attached hydrogen (secondary N) is 1. The summed E-state index contributed by atoms with van der Waals surface area (Å²) in [5.41, 5.74) is 1.38. The molecule has 0 radical (unpaired) electrons. The lowest BCUT2D eigenvalue weighted by molar-refractivity contribution is -0.384. The van der Waals surface area contributed by atoms with Crippen molar-refractivity contribution in [1.29, 1.82) is 0 Å². The molecular weight excluding hydrogens is 412 g/mol. The average Bonchev–Trinajstić information content (AvgIpc) is 3.54. The number of benzene rings is 1. The maximum Gasteiger partial charge on any atom is 0.280 e. The summed E-state index contributed by atoms with van der Waals surface area (Å²) in [6, 6.07) is 16.2. The predicted molar refractivity (Wildman–Crippen MR) is 120 cm³/mol. The zero-order chi connectivity index (χ0) is 21.4. The van der Waals surface area contributed by atoms with E-state index in [2.05, 4.69) is 15.2 Å². The molecule has 31 heavy (non-hydrogen) atoms. The normalized spacial score (nSPS) is 21.4. The Morgan fingerprint density at radius 1 is 1.10 bits per heavy atom. The highest BCUT2D eigenvalue weighted by atomic mass is 32.1. The van der Waals surface area contributed by atoms with Crippen LogP contribution in [-0.4, -0.2) is 26.0 Å². The van der Waals surface area contributed by atoms with Crippen LogP contribution in [0.15, 0.2) is 65.2 Å². The van der Waals surface area contributed by atoms with Crippen LogP contribution in [0.5, 0.6) is 0 Å². The third-order valence-corrected chi connectivity index (χ3v) is 6.47. The Morgan fingerprint density at radius 3 is 2.61 bits per heavy atom. The van der Waals surface area contributed by atoms with E-state index in [0.717, 1.165) is 24.3 Å². The second kappa shape index (κ2) is 8.11. The van der Waals surface area contributed by atoms with E-state index >= 15 is 0 Å². The van der Waals surface area contributed by atoms with Crippen molar-refractivity contribution in [2.24, 2.45) is 0 Å². The molecule has 2 fully saturated rings. The fourth-order valence-corrected chi connectivity index (χ4v) is 5.13. The minimum atomic E-state index is -0.384. The third-order valence-electron chi connectivity index (χ3n) is 6.14. The number of thiocarbonyl (C=S) groups is 1. The van der Waals surface area contributed by atoms with Gasteiger partial charge in [0.05, 0.1) is 22.2 Å². The number of furan rings is 1. The fraction of sp³-hybridized carbons (Fsp3) is 0.304. The van der Waals surface area contributed by atoms with Gasteiger partial charge in [0, 0.05) is 18.3 Å². The van der Waals surface area contributed by atoms with Gasteiger partial charge in [-0.1, -0.05) is 31.0 Å².